The molecule has 0 bridgehead atoms. The fourth-order valence-corrected chi connectivity index (χ4v) is 2.08. The van der Waals surface area contributed by atoms with Crippen LogP contribution < -0.4 is 0 Å². The summed E-state index contributed by atoms with van der Waals surface area (Å²) in [6, 6.07) is 1.91. The molecule has 0 saturated heterocycles. The van der Waals surface area contributed by atoms with E-state index in [1.165, 1.54) is 0 Å². The zero-order valence-corrected chi connectivity index (χ0v) is 10.8. The summed E-state index contributed by atoms with van der Waals surface area (Å²) >= 11 is 1.62. The molecule has 0 unspecified atom stereocenters. The minimum Gasteiger partial charge on any atom is -0.241 e. The Kier molecular flexibility index (Phi) is 2.76. The summed E-state index contributed by atoms with van der Waals surface area (Å²) in [5.74, 6) is 0.859. The number of aryl methyl sites for hydroxylation is 1. The first-order valence-electron chi connectivity index (χ1n) is 5.23. The van der Waals surface area contributed by atoms with E-state index < -0.39 is 0 Å². The van der Waals surface area contributed by atoms with Crippen molar-refractivity contribution < 1.29 is 0 Å². The van der Waals surface area contributed by atoms with Gasteiger partial charge in [0.2, 0.25) is 0 Å². The van der Waals surface area contributed by atoms with Gasteiger partial charge in [-0.25, -0.2) is 15.0 Å². The van der Waals surface area contributed by atoms with Gasteiger partial charge < -0.3 is 0 Å². The molecule has 4 heteroatoms. The van der Waals surface area contributed by atoms with Crippen LogP contribution in [0, 0.1) is 6.92 Å². The molecule has 3 nitrogen and oxygen atoms in total. The summed E-state index contributed by atoms with van der Waals surface area (Å²) in [4.78, 5) is 13.3. The Balaban J connectivity index is 2.44. The quantitative estimate of drug-likeness (QED) is 0.759. The molecular formula is C12H15N3S. The fourth-order valence-electron chi connectivity index (χ4n) is 1.31. The SMILES string of the molecule is Cc1csc(-c2ccnc(C(C)(C)C)n2)n1. The first kappa shape index (κ1) is 11.2. The van der Waals surface area contributed by atoms with Gasteiger partial charge in [-0.3, -0.25) is 0 Å². The van der Waals surface area contributed by atoms with Crippen LogP contribution >= 0.6 is 11.3 Å². The Hall–Kier alpha value is -1.29. The van der Waals surface area contributed by atoms with Crippen molar-refractivity contribution >= 4 is 11.3 Å². The normalized spacial score (nSPS) is 11.8. The van der Waals surface area contributed by atoms with E-state index in [1.54, 1.807) is 17.5 Å². The second kappa shape index (κ2) is 3.94. The predicted octanol–water partition coefficient (Wildman–Crippen LogP) is 3.21. The largest absolute Gasteiger partial charge is 0.241 e. The van der Waals surface area contributed by atoms with E-state index in [-0.39, 0.29) is 5.41 Å². The topological polar surface area (TPSA) is 38.7 Å². The molecular weight excluding hydrogens is 218 g/mol. The minimum atomic E-state index is -0.0255. The van der Waals surface area contributed by atoms with Gasteiger partial charge in [0.1, 0.15) is 16.5 Å². The standard InChI is InChI=1S/C12H15N3S/c1-8-7-16-10(14-8)9-5-6-13-11(15-9)12(2,3)4/h5-7H,1-4H3. The van der Waals surface area contributed by atoms with Crippen LogP contribution in [-0.4, -0.2) is 15.0 Å². The highest BCUT2D eigenvalue weighted by atomic mass is 32.1. The molecule has 0 atom stereocenters. The zero-order chi connectivity index (χ0) is 11.8. The zero-order valence-electron chi connectivity index (χ0n) is 9.98. The van der Waals surface area contributed by atoms with Gasteiger partial charge in [-0.05, 0) is 13.0 Å². The Morgan fingerprint density at radius 3 is 2.50 bits per heavy atom. The highest BCUT2D eigenvalue weighted by Gasteiger charge is 2.18. The van der Waals surface area contributed by atoms with E-state index in [1.807, 2.05) is 18.4 Å². The van der Waals surface area contributed by atoms with Crippen molar-refractivity contribution in [2.75, 3.05) is 0 Å². The number of rotatable bonds is 1. The van der Waals surface area contributed by atoms with Crippen LogP contribution in [0.15, 0.2) is 17.6 Å². The Labute approximate surface area is 99.6 Å². The van der Waals surface area contributed by atoms with Gasteiger partial charge >= 0.3 is 0 Å². The summed E-state index contributed by atoms with van der Waals surface area (Å²) in [6.07, 6.45) is 1.81. The van der Waals surface area contributed by atoms with Gasteiger partial charge in [-0.1, -0.05) is 20.8 Å². The molecule has 0 fully saturated rings. The van der Waals surface area contributed by atoms with E-state index in [2.05, 4.69) is 35.7 Å². The van der Waals surface area contributed by atoms with Gasteiger partial charge in [-0.2, -0.15) is 0 Å². The van der Waals surface area contributed by atoms with Crippen molar-refractivity contribution in [3.05, 3.63) is 29.2 Å². The number of hydrogen-bond acceptors (Lipinski definition) is 4. The van der Waals surface area contributed by atoms with E-state index in [4.69, 9.17) is 0 Å². The van der Waals surface area contributed by atoms with Crippen LogP contribution in [0.2, 0.25) is 0 Å². The van der Waals surface area contributed by atoms with Crippen LogP contribution in [0.5, 0.6) is 0 Å². The monoisotopic (exact) mass is 233 g/mol. The summed E-state index contributed by atoms with van der Waals surface area (Å²) in [5, 5.41) is 3.00. The second-order valence-corrected chi connectivity index (χ2v) is 5.67. The molecule has 84 valence electrons. The molecule has 0 amide bonds. The van der Waals surface area contributed by atoms with Gasteiger partial charge in [0.05, 0.1) is 0 Å². The minimum absolute atomic E-state index is 0.0255. The molecule has 16 heavy (non-hydrogen) atoms. The van der Waals surface area contributed by atoms with E-state index in [0.29, 0.717) is 0 Å². The fraction of sp³-hybridized carbons (Fsp3) is 0.417. The number of aromatic nitrogens is 3. The van der Waals surface area contributed by atoms with Gasteiger partial charge in [-0.15, -0.1) is 11.3 Å². The molecule has 2 rings (SSSR count). The van der Waals surface area contributed by atoms with Crippen LogP contribution in [0.25, 0.3) is 10.7 Å². The van der Waals surface area contributed by atoms with Crippen LogP contribution in [0.1, 0.15) is 32.3 Å². The van der Waals surface area contributed by atoms with Crippen molar-refractivity contribution in [2.45, 2.75) is 33.1 Å². The van der Waals surface area contributed by atoms with E-state index in [0.717, 1.165) is 22.2 Å². The maximum Gasteiger partial charge on any atom is 0.142 e. The summed E-state index contributed by atoms with van der Waals surface area (Å²) < 4.78 is 0. The smallest absolute Gasteiger partial charge is 0.142 e. The first-order valence-corrected chi connectivity index (χ1v) is 6.11. The average molecular weight is 233 g/mol. The molecule has 0 radical (unpaired) electrons. The number of nitrogens with zero attached hydrogens (tertiary/aromatic N) is 3. The third-order valence-electron chi connectivity index (χ3n) is 2.16. The first-order chi connectivity index (χ1) is 7.47. The lowest BCUT2D eigenvalue weighted by Gasteiger charge is -2.16. The Morgan fingerprint density at radius 1 is 1.19 bits per heavy atom. The molecule has 2 aromatic rings. The van der Waals surface area contributed by atoms with E-state index >= 15 is 0 Å². The van der Waals surface area contributed by atoms with Gasteiger partial charge in [0, 0.05) is 22.7 Å². The van der Waals surface area contributed by atoms with Crippen LogP contribution in [0.4, 0.5) is 0 Å². The summed E-state index contributed by atoms with van der Waals surface area (Å²) in [6.45, 7) is 8.32. The van der Waals surface area contributed by atoms with Crippen molar-refractivity contribution in [3.8, 4) is 10.7 Å². The summed E-state index contributed by atoms with van der Waals surface area (Å²) in [5.41, 5.74) is 1.93. The van der Waals surface area contributed by atoms with E-state index in [9.17, 15) is 0 Å². The third kappa shape index (κ3) is 2.27. The lowest BCUT2D eigenvalue weighted by Crippen LogP contribution is -2.15. The third-order valence-corrected chi connectivity index (χ3v) is 3.15. The predicted molar refractivity (Wildman–Crippen MR) is 66.6 cm³/mol. The molecule has 0 aliphatic carbocycles. The maximum atomic E-state index is 4.56. The highest BCUT2D eigenvalue weighted by Crippen LogP contribution is 2.24. The van der Waals surface area contributed by atoms with Gasteiger partial charge in [0.25, 0.3) is 0 Å². The molecule has 0 aliphatic rings. The average Bonchev–Trinajstić information content (AvgIpc) is 2.64. The molecule has 0 saturated carbocycles. The highest BCUT2D eigenvalue weighted by molar-refractivity contribution is 7.13. The molecule has 0 spiro atoms. The Bertz CT molecular complexity index is 497. The molecule has 0 N–H and O–H groups in total. The molecule has 2 aromatic heterocycles. The van der Waals surface area contributed by atoms with Crippen molar-refractivity contribution in [1.82, 2.24) is 15.0 Å². The van der Waals surface area contributed by atoms with Crippen molar-refractivity contribution in [1.29, 1.82) is 0 Å². The van der Waals surface area contributed by atoms with Crippen molar-refractivity contribution in [2.24, 2.45) is 0 Å². The van der Waals surface area contributed by atoms with Crippen molar-refractivity contribution in [3.63, 3.8) is 0 Å². The number of hydrogen-bond donors (Lipinski definition) is 0. The molecule has 0 aliphatic heterocycles. The number of thiazole rings is 1. The lowest BCUT2D eigenvalue weighted by molar-refractivity contribution is 0.546. The van der Waals surface area contributed by atoms with Crippen LogP contribution in [-0.2, 0) is 5.41 Å². The summed E-state index contributed by atoms with van der Waals surface area (Å²) in [7, 11) is 0. The second-order valence-electron chi connectivity index (χ2n) is 4.81. The van der Waals surface area contributed by atoms with Crippen LogP contribution in [0.3, 0.4) is 0 Å². The lowest BCUT2D eigenvalue weighted by atomic mass is 9.96. The Morgan fingerprint density at radius 2 is 1.94 bits per heavy atom. The maximum absolute atomic E-state index is 4.56. The molecule has 0 aromatic carbocycles. The van der Waals surface area contributed by atoms with Gasteiger partial charge in [0.15, 0.2) is 0 Å². The molecule has 2 heterocycles.